The molecule has 1 N–H and O–H groups in total. The minimum atomic E-state index is 0.947. The van der Waals surface area contributed by atoms with Crippen LogP contribution in [0.25, 0.3) is 0 Å². The Hall–Kier alpha value is -0.610. The predicted molar refractivity (Wildman–Crippen MR) is 88.7 cm³/mol. The SMILES string of the molecule is CCCC1CCN(c2nc(CC)c(CNCC)s2)CC1. The summed E-state index contributed by atoms with van der Waals surface area (Å²) in [6.45, 7) is 11.1. The van der Waals surface area contributed by atoms with Crippen LogP contribution in [0.3, 0.4) is 0 Å². The number of hydrogen-bond donors (Lipinski definition) is 1. The Morgan fingerprint density at radius 3 is 2.60 bits per heavy atom. The molecule has 2 rings (SSSR count). The van der Waals surface area contributed by atoms with Gasteiger partial charge in [-0.15, -0.1) is 11.3 Å². The van der Waals surface area contributed by atoms with Gasteiger partial charge in [0.05, 0.1) is 5.69 Å². The second kappa shape index (κ2) is 7.99. The number of anilines is 1. The van der Waals surface area contributed by atoms with Crippen molar-refractivity contribution in [2.75, 3.05) is 24.5 Å². The molecule has 20 heavy (non-hydrogen) atoms. The number of rotatable bonds is 7. The molecular weight excluding hydrogens is 266 g/mol. The van der Waals surface area contributed by atoms with Crippen molar-refractivity contribution in [3.05, 3.63) is 10.6 Å². The van der Waals surface area contributed by atoms with Crippen LogP contribution in [-0.2, 0) is 13.0 Å². The van der Waals surface area contributed by atoms with Crippen molar-refractivity contribution in [3.8, 4) is 0 Å². The fourth-order valence-corrected chi connectivity index (χ4v) is 4.15. The zero-order chi connectivity index (χ0) is 14.4. The standard InChI is InChI=1S/C16H29N3S/c1-4-7-13-8-10-19(11-9-13)16-18-14(5-2)15(20-16)12-17-6-3/h13,17H,4-12H2,1-3H3. The molecule has 1 aliphatic heterocycles. The van der Waals surface area contributed by atoms with E-state index in [1.807, 2.05) is 11.3 Å². The third-order valence-electron chi connectivity index (χ3n) is 4.22. The largest absolute Gasteiger partial charge is 0.348 e. The van der Waals surface area contributed by atoms with Crippen molar-refractivity contribution in [3.63, 3.8) is 0 Å². The second-order valence-electron chi connectivity index (χ2n) is 5.72. The van der Waals surface area contributed by atoms with E-state index in [-0.39, 0.29) is 0 Å². The van der Waals surface area contributed by atoms with Crippen molar-refractivity contribution in [1.82, 2.24) is 10.3 Å². The molecule has 1 aromatic rings. The van der Waals surface area contributed by atoms with E-state index >= 15 is 0 Å². The lowest BCUT2D eigenvalue weighted by Gasteiger charge is -2.31. The predicted octanol–water partition coefficient (Wildman–Crippen LogP) is 3.83. The maximum atomic E-state index is 4.88. The van der Waals surface area contributed by atoms with Crippen LogP contribution in [0.2, 0.25) is 0 Å². The van der Waals surface area contributed by atoms with Gasteiger partial charge in [-0.25, -0.2) is 4.98 Å². The summed E-state index contributed by atoms with van der Waals surface area (Å²) in [5.74, 6) is 0.947. The highest BCUT2D eigenvalue weighted by Gasteiger charge is 2.21. The molecule has 1 aromatic heterocycles. The first-order valence-electron chi connectivity index (χ1n) is 8.22. The van der Waals surface area contributed by atoms with Gasteiger partial charge in [-0.05, 0) is 31.7 Å². The summed E-state index contributed by atoms with van der Waals surface area (Å²) in [7, 11) is 0. The Morgan fingerprint density at radius 1 is 1.25 bits per heavy atom. The maximum absolute atomic E-state index is 4.88. The summed E-state index contributed by atoms with van der Waals surface area (Å²) in [6, 6.07) is 0. The van der Waals surface area contributed by atoms with Crippen molar-refractivity contribution in [2.45, 2.75) is 59.4 Å². The number of hydrogen-bond acceptors (Lipinski definition) is 4. The van der Waals surface area contributed by atoms with Crippen molar-refractivity contribution >= 4 is 16.5 Å². The highest BCUT2D eigenvalue weighted by molar-refractivity contribution is 7.15. The lowest BCUT2D eigenvalue weighted by molar-refractivity contribution is 0.378. The Balaban J connectivity index is 1.97. The molecule has 2 heterocycles. The van der Waals surface area contributed by atoms with Crippen LogP contribution >= 0.6 is 11.3 Å². The maximum Gasteiger partial charge on any atom is 0.185 e. The molecule has 0 radical (unpaired) electrons. The van der Waals surface area contributed by atoms with Gasteiger partial charge in [0, 0.05) is 24.5 Å². The third kappa shape index (κ3) is 3.95. The van der Waals surface area contributed by atoms with E-state index in [9.17, 15) is 0 Å². The number of nitrogens with one attached hydrogen (secondary N) is 1. The summed E-state index contributed by atoms with van der Waals surface area (Å²) < 4.78 is 0. The zero-order valence-corrected chi connectivity index (χ0v) is 14.1. The van der Waals surface area contributed by atoms with E-state index in [0.717, 1.165) is 25.4 Å². The van der Waals surface area contributed by atoms with Crippen molar-refractivity contribution < 1.29 is 0 Å². The minimum absolute atomic E-state index is 0.947. The molecule has 0 aliphatic carbocycles. The summed E-state index contributed by atoms with van der Waals surface area (Å²) in [4.78, 5) is 8.82. The molecule has 0 saturated carbocycles. The van der Waals surface area contributed by atoms with Crippen LogP contribution < -0.4 is 10.2 Å². The Labute approximate surface area is 127 Å². The Bertz CT molecular complexity index is 394. The van der Waals surface area contributed by atoms with Crippen LogP contribution in [0.4, 0.5) is 5.13 Å². The van der Waals surface area contributed by atoms with Gasteiger partial charge in [0.1, 0.15) is 0 Å². The fourth-order valence-electron chi connectivity index (χ4n) is 2.98. The molecular formula is C16H29N3S. The van der Waals surface area contributed by atoms with Gasteiger partial charge in [-0.2, -0.15) is 0 Å². The number of aryl methyl sites for hydroxylation is 1. The van der Waals surface area contributed by atoms with Crippen LogP contribution in [0, 0.1) is 5.92 Å². The van der Waals surface area contributed by atoms with Crippen LogP contribution in [0.5, 0.6) is 0 Å². The number of thiazole rings is 1. The highest BCUT2D eigenvalue weighted by Crippen LogP contribution is 2.31. The molecule has 0 bridgehead atoms. The lowest BCUT2D eigenvalue weighted by atomic mass is 9.93. The molecule has 114 valence electrons. The Morgan fingerprint density at radius 2 is 2.00 bits per heavy atom. The highest BCUT2D eigenvalue weighted by atomic mass is 32.1. The van der Waals surface area contributed by atoms with Crippen LogP contribution in [0.15, 0.2) is 0 Å². The summed E-state index contributed by atoms with van der Waals surface area (Å²) in [5, 5.41) is 4.69. The minimum Gasteiger partial charge on any atom is -0.348 e. The van der Waals surface area contributed by atoms with E-state index in [1.165, 1.54) is 54.5 Å². The second-order valence-corrected chi connectivity index (χ2v) is 6.78. The topological polar surface area (TPSA) is 28.2 Å². The van der Waals surface area contributed by atoms with Gasteiger partial charge in [0.25, 0.3) is 0 Å². The Kier molecular flexibility index (Phi) is 6.30. The number of nitrogens with zero attached hydrogens (tertiary/aromatic N) is 2. The molecule has 1 fully saturated rings. The molecule has 0 spiro atoms. The normalized spacial score (nSPS) is 16.9. The van der Waals surface area contributed by atoms with E-state index in [1.54, 1.807) is 0 Å². The fraction of sp³-hybridized carbons (Fsp3) is 0.812. The van der Waals surface area contributed by atoms with Crippen molar-refractivity contribution in [2.24, 2.45) is 5.92 Å². The zero-order valence-electron chi connectivity index (χ0n) is 13.2. The smallest absolute Gasteiger partial charge is 0.185 e. The molecule has 0 unspecified atom stereocenters. The van der Waals surface area contributed by atoms with Gasteiger partial charge in [-0.1, -0.05) is 33.6 Å². The number of aromatic nitrogens is 1. The van der Waals surface area contributed by atoms with E-state index in [2.05, 4.69) is 31.0 Å². The first-order valence-corrected chi connectivity index (χ1v) is 9.04. The third-order valence-corrected chi connectivity index (χ3v) is 5.38. The molecule has 4 heteroatoms. The van der Waals surface area contributed by atoms with Gasteiger partial charge >= 0.3 is 0 Å². The quantitative estimate of drug-likeness (QED) is 0.828. The molecule has 1 aliphatic rings. The van der Waals surface area contributed by atoms with E-state index in [0.29, 0.717) is 0 Å². The first-order chi connectivity index (χ1) is 9.78. The lowest BCUT2D eigenvalue weighted by Crippen LogP contribution is -2.33. The molecule has 3 nitrogen and oxygen atoms in total. The first kappa shape index (κ1) is 15.8. The average Bonchev–Trinajstić information content (AvgIpc) is 2.89. The summed E-state index contributed by atoms with van der Waals surface area (Å²) >= 11 is 1.90. The van der Waals surface area contributed by atoms with Crippen LogP contribution in [0.1, 0.15) is 57.0 Å². The average molecular weight is 295 g/mol. The van der Waals surface area contributed by atoms with Gasteiger partial charge in [-0.3, -0.25) is 0 Å². The summed E-state index contributed by atoms with van der Waals surface area (Å²) in [5.41, 5.74) is 1.29. The molecule has 0 aromatic carbocycles. The molecule has 0 amide bonds. The van der Waals surface area contributed by atoms with E-state index in [4.69, 9.17) is 4.98 Å². The number of piperidine rings is 1. The molecule has 0 atom stereocenters. The van der Waals surface area contributed by atoms with Crippen molar-refractivity contribution in [1.29, 1.82) is 0 Å². The van der Waals surface area contributed by atoms with E-state index < -0.39 is 0 Å². The summed E-state index contributed by atoms with van der Waals surface area (Å²) in [6.07, 6.45) is 6.46. The monoisotopic (exact) mass is 295 g/mol. The van der Waals surface area contributed by atoms with Crippen LogP contribution in [-0.4, -0.2) is 24.6 Å². The van der Waals surface area contributed by atoms with Gasteiger partial charge in [0.15, 0.2) is 5.13 Å². The van der Waals surface area contributed by atoms with Gasteiger partial charge < -0.3 is 10.2 Å². The van der Waals surface area contributed by atoms with Gasteiger partial charge in [0.2, 0.25) is 0 Å². The molecule has 1 saturated heterocycles.